The Labute approximate surface area is 101 Å². The molecule has 4 heteroatoms. The highest BCUT2D eigenvalue weighted by atomic mass is 16.6. The third-order valence-electron chi connectivity index (χ3n) is 3.41. The molecule has 92 valence electrons. The fourth-order valence-electron chi connectivity index (χ4n) is 2.14. The molecule has 1 fully saturated rings. The SMILES string of the molecule is CCC1CC1NCCc1ccc([N+](=O)[O-])cc1. The predicted molar refractivity (Wildman–Crippen MR) is 67.0 cm³/mol. The van der Waals surface area contributed by atoms with Crippen molar-refractivity contribution < 1.29 is 4.92 Å². The fourth-order valence-corrected chi connectivity index (χ4v) is 2.14. The lowest BCUT2D eigenvalue weighted by molar-refractivity contribution is -0.384. The zero-order valence-corrected chi connectivity index (χ0v) is 10.1. The van der Waals surface area contributed by atoms with Gasteiger partial charge in [0.25, 0.3) is 5.69 Å². The van der Waals surface area contributed by atoms with Crippen molar-refractivity contribution in [2.45, 2.75) is 32.2 Å². The van der Waals surface area contributed by atoms with Crippen molar-refractivity contribution in [3.05, 3.63) is 39.9 Å². The standard InChI is InChI=1S/C13H18N2O2/c1-2-11-9-13(11)14-8-7-10-3-5-12(6-4-10)15(16)17/h3-6,11,13-14H,2,7-9H2,1H3. The minimum atomic E-state index is -0.363. The first-order valence-corrected chi connectivity index (χ1v) is 6.17. The summed E-state index contributed by atoms with van der Waals surface area (Å²) in [6.45, 7) is 3.18. The summed E-state index contributed by atoms with van der Waals surface area (Å²) in [4.78, 5) is 10.1. The van der Waals surface area contributed by atoms with E-state index in [-0.39, 0.29) is 10.6 Å². The molecule has 0 amide bonds. The number of nitrogens with zero attached hydrogens (tertiary/aromatic N) is 1. The Morgan fingerprint density at radius 3 is 2.65 bits per heavy atom. The van der Waals surface area contributed by atoms with Crippen LogP contribution in [0.4, 0.5) is 5.69 Å². The third-order valence-corrected chi connectivity index (χ3v) is 3.41. The van der Waals surface area contributed by atoms with Crippen molar-refractivity contribution >= 4 is 5.69 Å². The van der Waals surface area contributed by atoms with E-state index in [9.17, 15) is 10.1 Å². The molecule has 1 aromatic carbocycles. The Kier molecular flexibility index (Phi) is 3.74. The Morgan fingerprint density at radius 1 is 1.41 bits per heavy atom. The highest BCUT2D eigenvalue weighted by molar-refractivity contribution is 5.32. The first-order chi connectivity index (χ1) is 8.20. The maximum absolute atomic E-state index is 10.5. The predicted octanol–water partition coefficient (Wildman–Crippen LogP) is 2.53. The van der Waals surface area contributed by atoms with Crippen molar-refractivity contribution in [2.75, 3.05) is 6.54 Å². The molecular formula is C13H18N2O2. The van der Waals surface area contributed by atoms with Gasteiger partial charge in [0, 0.05) is 18.2 Å². The number of non-ortho nitro benzene ring substituents is 1. The number of hydrogen-bond donors (Lipinski definition) is 1. The molecule has 2 rings (SSSR count). The molecule has 1 N–H and O–H groups in total. The molecule has 0 heterocycles. The third kappa shape index (κ3) is 3.27. The van der Waals surface area contributed by atoms with Crippen LogP contribution < -0.4 is 5.32 Å². The average molecular weight is 234 g/mol. The van der Waals surface area contributed by atoms with Crippen molar-refractivity contribution in [1.82, 2.24) is 5.32 Å². The molecule has 0 spiro atoms. The van der Waals surface area contributed by atoms with E-state index >= 15 is 0 Å². The van der Waals surface area contributed by atoms with E-state index < -0.39 is 0 Å². The summed E-state index contributed by atoms with van der Waals surface area (Å²) < 4.78 is 0. The van der Waals surface area contributed by atoms with E-state index in [2.05, 4.69) is 12.2 Å². The maximum Gasteiger partial charge on any atom is 0.269 e. The van der Waals surface area contributed by atoms with Crippen molar-refractivity contribution in [2.24, 2.45) is 5.92 Å². The van der Waals surface area contributed by atoms with Crippen LogP contribution in [-0.4, -0.2) is 17.5 Å². The summed E-state index contributed by atoms with van der Waals surface area (Å²) in [5.74, 6) is 0.867. The molecule has 1 aliphatic carbocycles. The van der Waals surface area contributed by atoms with Crippen LogP contribution in [0.5, 0.6) is 0 Å². The van der Waals surface area contributed by atoms with E-state index in [0.29, 0.717) is 6.04 Å². The molecule has 0 bridgehead atoms. The molecule has 0 aliphatic heterocycles. The van der Waals surface area contributed by atoms with Gasteiger partial charge in [0.05, 0.1) is 4.92 Å². The Hall–Kier alpha value is -1.42. The van der Waals surface area contributed by atoms with Crippen LogP contribution in [0.15, 0.2) is 24.3 Å². The van der Waals surface area contributed by atoms with Gasteiger partial charge in [-0.05, 0) is 30.9 Å². The molecule has 17 heavy (non-hydrogen) atoms. The Balaban J connectivity index is 1.74. The average Bonchev–Trinajstić information content (AvgIpc) is 3.08. The van der Waals surface area contributed by atoms with Gasteiger partial charge < -0.3 is 5.32 Å². The second-order valence-electron chi connectivity index (χ2n) is 4.64. The molecule has 1 aromatic rings. The van der Waals surface area contributed by atoms with Crippen molar-refractivity contribution in [3.8, 4) is 0 Å². The zero-order valence-electron chi connectivity index (χ0n) is 10.1. The van der Waals surface area contributed by atoms with Gasteiger partial charge in [-0.2, -0.15) is 0 Å². The lowest BCUT2D eigenvalue weighted by atomic mass is 10.1. The molecule has 1 saturated carbocycles. The number of rotatable bonds is 6. The highest BCUT2D eigenvalue weighted by Gasteiger charge is 2.34. The number of nitrogens with one attached hydrogen (secondary N) is 1. The van der Waals surface area contributed by atoms with Crippen LogP contribution in [-0.2, 0) is 6.42 Å². The minimum absolute atomic E-state index is 0.162. The summed E-state index contributed by atoms with van der Waals surface area (Å²) in [5.41, 5.74) is 1.31. The number of nitro benzene ring substituents is 1. The second-order valence-corrected chi connectivity index (χ2v) is 4.64. The van der Waals surface area contributed by atoms with Crippen LogP contribution in [0.25, 0.3) is 0 Å². The molecule has 0 saturated heterocycles. The molecule has 0 radical (unpaired) electrons. The first kappa shape index (κ1) is 12.0. The molecule has 1 aliphatic rings. The van der Waals surface area contributed by atoms with Gasteiger partial charge in [0.2, 0.25) is 0 Å². The number of nitro groups is 1. The van der Waals surface area contributed by atoms with Gasteiger partial charge >= 0.3 is 0 Å². The summed E-state index contributed by atoms with van der Waals surface area (Å²) in [5, 5.41) is 14.0. The molecular weight excluding hydrogens is 216 g/mol. The van der Waals surface area contributed by atoms with Crippen molar-refractivity contribution in [3.63, 3.8) is 0 Å². The van der Waals surface area contributed by atoms with Crippen LogP contribution in [0, 0.1) is 16.0 Å². The van der Waals surface area contributed by atoms with Crippen LogP contribution in [0.2, 0.25) is 0 Å². The Morgan fingerprint density at radius 2 is 2.12 bits per heavy atom. The highest BCUT2D eigenvalue weighted by Crippen LogP contribution is 2.32. The first-order valence-electron chi connectivity index (χ1n) is 6.17. The maximum atomic E-state index is 10.5. The van der Waals surface area contributed by atoms with Gasteiger partial charge in [-0.25, -0.2) is 0 Å². The topological polar surface area (TPSA) is 55.2 Å². The lowest BCUT2D eigenvalue weighted by Crippen LogP contribution is -2.21. The molecule has 0 aromatic heterocycles. The van der Waals surface area contributed by atoms with E-state index in [0.717, 1.165) is 24.4 Å². The van der Waals surface area contributed by atoms with Gasteiger partial charge in [0.15, 0.2) is 0 Å². The minimum Gasteiger partial charge on any atom is -0.313 e. The quantitative estimate of drug-likeness (QED) is 0.608. The van der Waals surface area contributed by atoms with Crippen LogP contribution in [0.1, 0.15) is 25.3 Å². The van der Waals surface area contributed by atoms with E-state index in [1.54, 1.807) is 12.1 Å². The van der Waals surface area contributed by atoms with Crippen LogP contribution >= 0.6 is 0 Å². The summed E-state index contributed by atoms with van der Waals surface area (Å²) >= 11 is 0. The summed E-state index contributed by atoms with van der Waals surface area (Å²) in [6, 6.07) is 7.52. The number of hydrogen-bond acceptors (Lipinski definition) is 3. The summed E-state index contributed by atoms with van der Waals surface area (Å²) in [6.07, 6.45) is 3.50. The largest absolute Gasteiger partial charge is 0.313 e. The summed E-state index contributed by atoms with van der Waals surface area (Å²) in [7, 11) is 0. The lowest BCUT2D eigenvalue weighted by Gasteiger charge is -2.03. The van der Waals surface area contributed by atoms with Gasteiger partial charge in [-0.3, -0.25) is 10.1 Å². The smallest absolute Gasteiger partial charge is 0.269 e. The van der Waals surface area contributed by atoms with Crippen LogP contribution in [0.3, 0.4) is 0 Å². The fraction of sp³-hybridized carbons (Fsp3) is 0.538. The zero-order chi connectivity index (χ0) is 12.3. The van der Waals surface area contributed by atoms with Gasteiger partial charge in [0.1, 0.15) is 0 Å². The molecule has 2 unspecified atom stereocenters. The molecule has 2 atom stereocenters. The molecule has 4 nitrogen and oxygen atoms in total. The number of benzene rings is 1. The Bertz CT molecular complexity index is 389. The normalized spacial score (nSPS) is 22.4. The van der Waals surface area contributed by atoms with E-state index in [4.69, 9.17) is 0 Å². The van der Waals surface area contributed by atoms with Crippen molar-refractivity contribution in [1.29, 1.82) is 0 Å². The van der Waals surface area contributed by atoms with E-state index in [1.807, 2.05) is 12.1 Å². The second kappa shape index (κ2) is 5.27. The van der Waals surface area contributed by atoms with Gasteiger partial charge in [-0.15, -0.1) is 0 Å². The van der Waals surface area contributed by atoms with E-state index in [1.165, 1.54) is 12.8 Å². The van der Waals surface area contributed by atoms with Gasteiger partial charge in [-0.1, -0.05) is 25.5 Å². The monoisotopic (exact) mass is 234 g/mol.